The zero-order chi connectivity index (χ0) is 17.5. The quantitative estimate of drug-likeness (QED) is 0.730. The molecule has 1 heterocycles. The molecule has 3 aromatic rings. The van der Waals surface area contributed by atoms with Gasteiger partial charge in [0.25, 0.3) is 5.91 Å². The molecule has 0 fully saturated rings. The van der Waals surface area contributed by atoms with Gasteiger partial charge in [-0.1, -0.05) is 60.7 Å². The molecule has 3 heteroatoms. The van der Waals surface area contributed by atoms with Crippen molar-refractivity contribution in [1.82, 2.24) is 10.3 Å². The second kappa shape index (κ2) is 8.25. The highest BCUT2D eigenvalue weighted by Gasteiger charge is 2.15. The fraction of sp³-hybridized carbons (Fsp3) is 0.182. The molecule has 1 aromatic heterocycles. The standard InChI is InChI=1S/C22H22N2O/c1-17-20(13-8-15-23-17)22(25)24-16-14-21(18-9-4-2-5-10-18)19-11-6-3-7-12-19/h2-13,15,21H,14,16H2,1H3,(H,24,25). The van der Waals surface area contributed by atoms with E-state index in [4.69, 9.17) is 0 Å². The molecule has 0 aliphatic rings. The fourth-order valence-electron chi connectivity index (χ4n) is 3.05. The highest BCUT2D eigenvalue weighted by molar-refractivity contribution is 5.95. The lowest BCUT2D eigenvalue weighted by atomic mass is 9.88. The smallest absolute Gasteiger partial charge is 0.253 e. The summed E-state index contributed by atoms with van der Waals surface area (Å²) in [5.41, 5.74) is 3.92. The van der Waals surface area contributed by atoms with Crippen molar-refractivity contribution in [3.8, 4) is 0 Å². The number of pyridine rings is 1. The van der Waals surface area contributed by atoms with Crippen molar-refractivity contribution in [2.45, 2.75) is 19.3 Å². The maximum Gasteiger partial charge on any atom is 0.253 e. The first-order valence-electron chi connectivity index (χ1n) is 8.55. The van der Waals surface area contributed by atoms with Gasteiger partial charge in [0.05, 0.1) is 5.56 Å². The lowest BCUT2D eigenvalue weighted by Crippen LogP contribution is -2.26. The Bertz CT molecular complexity index is 776. The molecule has 25 heavy (non-hydrogen) atoms. The third-order valence-corrected chi connectivity index (χ3v) is 4.37. The molecule has 0 bridgehead atoms. The number of rotatable bonds is 6. The van der Waals surface area contributed by atoms with Gasteiger partial charge in [-0.25, -0.2) is 0 Å². The van der Waals surface area contributed by atoms with Crippen molar-refractivity contribution in [2.24, 2.45) is 0 Å². The van der Waals surface area contributed by atoms with E-state index in [9.17, 15) is 4.79 Å². The highest BCUT2D eigenvalue weighted by Crippen LogP contribution is 2.27. The summed E-state index contributed by atoms with van der Waals surface area (Å²) in [4.78, 5) is 16.5. The minimum absolute atomic E-state index is 0.0644. The van der Waals surface area contributed by atoms with Gasteiger partial charge in [-0.05, 0) is 36.6 Å². The van der Waals surface area contributed by atoms with Gasteiger partial charge in [0.1, 0.15) is 0 Å². The number of nitrogens with zero attached hydrogens (tertiary/aromatic N) is 1. The topological polar surface area (TPSA) is 42.0 Å². The minimum atomic E-state index is -0.0644. The molecule has 0 saturated heterocycles. The molecule has 1 N–H and O–H groups in total. The number of benzene rings is 2. The molecule has 3 rings (SSSR count). The Labute approximate surface area is 148 Å². The van der Waals surface area contributed by atoms with Gasteiger partial charge < -0.3 is 5.32 Å². The van der Waals surface area contributed by atoms with Crippen molar-refractivity contribution < 1.29 is 4.79 Å². The number of aromatic nitrogens is 1. The van der Waals surface area contributed by atoms with Gasteiger partial charge in [0.15, 0.2) is 0 Å². The molecule has 0 unspecified atom stereocenters. The van der Waals surface area contributed by atoms with Crippen LogP contribution in [0.5, 0.6) is 0 Å². The van der Waals surface area contributed by atoms with Crippen LogP contribution in [-0.4, -0.2) is 17.4 Å². The molecule has 0 atom stereocenters. The molecule has 0 saturated carbocycles. The molecule has 1 amide bonds. The van der Waals surface area contributed by atoms with Crippen LogP contribution in [0.2, 0.25) is 0 Å². The number of aryl methyl sites for hydroxylation is 1. The summed E-state index contributed by atoms with van der Waals surface area (Å²) in [6.07, 6.45) is 2.55. The van der Waals surface area contributed by atoms with Gasteiger partial charge in [-0.3, -0.25) is 9.78 Å². The van der Waals surface area contributed by atoms with E-state index < -0.39 is 0 Å². The number of hydrogen-bond acceptors (Lipinski definition) is 2. The largest absolute Gasteiger partial charge is 0.352 e. The fourth-order valence-corrected chi connectivity index (χ4v) is 3.05. The average Bonchev–Trinajstić information content (AvgIpc) is 2.67. The first-order valence-corrected chi connectivity index (χ1v) is 8.55. The van der Waals surface area contributed by atoms with Crippen LogP contribution in [0.4, 0.5) is 0 Å². The van der Waals surface area contributed by atoms with Gasteiger partial charge >= 0.3 is 0 Å². The van der Waals surface area contributed by atoms with E-state index >= 15 is 0 Å². The van der Waals surface area contributed by atoms with E-state index in [-0.39, 0.29) is 11.8 Å². The SMILES string of the molecule is Cc1ncccc1C(=O)NCCC(c1ccccc1)c1ccccc1. The van der Waals surface area contributed by atoms with E-state index in [1.54, 1.807) is 12.3 Å². The molecule has 0 radical (unpaired) electrons. The molecule has 0 aliphatic carbocycles. The number of nitrogens with one attached hydrogen (secondary N) is 1. The van der Waals surface area contributed by atoms with E-state index in [0.717, 1.165) is 12.1 Å². The summed E-state index contributed by atoms with van der Waals surface area (Å²) in [6.45, 7) is 2.47. The summed E-state index contributed by atoms with van der Waals surface area (Å²) in [5.74, 6) is 0.197. The number of amides is 1. The van der Waals surface area contributed by atoms with Gasteiger partial charge in [-0.2, -0.15) is 0 Å². The second-order valence-corrected chi connectivity index (χ2v) is 6.05. The van der Waals surface area contributed by atoms with Gasteiger partial charge in [0.2, 0.25) is 0 Å². The Hall–Kier alpha value is -2.94. The van der Waals surface area contributed by atoms with Crippen LogP contribution in [-0.2, 0) is 0 Å². The minimum Gasteiger partial charge on any atom is -0.352 e. The molecular formula is C22H22N2O. The number of carbonyl (C=O) groups excluding carboxylic acids is 1. The maximum absolute atomic E-state index is 12.4. The zero-order valence-corrected chi connectivity index (χ0v) is 14.4. The number of carbonyl (C=O) groups is 1. The third kappa shape index (κ3) is 4.32. The Morgan fingerprint density at radius 2 is 1.52 bits per heavy atom. The third-order valence-electron chi connectivity index (χ3n) is 4.37. The van der Waals surface area contributed by atoms with E-state index in [2.05, 4.69) is 58.8 Å². The van der Waals surface area contributed by atoms with E-state index in [0.29, 0.717) is 12.1 Å². The molecule has 0 spiro atoms. The molecule has 0 aliphatic heterocycles. The lowest BCUT2D eigenvalue weighted by Gasteiger charge is -2.18. The van der Waals surface area contributed by atoms with Gasteiger partial charge in [0, 0.05) is 24.4 Å². The molecular weight excluding hydrogens is 308 g/mol. The average molecular weight is 330 g/mol. The van der Waals surface area contributed by atoms with Crippen LogP contribution in [0.3, 0.4) is 0 Å². The van der Waals surface area contributed by atoms with E-state index in [1.165, 1.54) is 11.1 Å². The monoisotopic (exact) mass is 330 g/mol. The number of hydrogen-bond donors (Lipinski definition) is 1. The van der Waals surface area contributed by atoms with Crippen LogP contribution in [0.1, 0.15) is 39.5 Å². The van der Waals surface area contributed by atoms with Crippen molar-refractivity contribution in [1.29, 1.82) is 0 Å². The first-order chi connectivity index (χ1) is 12.3. The maximum atomic E-state index is 12.4. The van der Waals surface area contributed by atoms with Crippen LogP contribution < -0.4 is 5.32 Å². The van der Waals surface area contributed by atoms with Crippen LogP contribution in [0.25, 0.3) is 0 Å². The molecule has 2 aromatic carbocycles. The summed E-state index contributed by atoms with van der Waals surface area (Å²) < 4.78 is 0. The second-order valence-electron chi connectivity index (χ2n) is 6.05. The Kier molecular flexibility index (Phi) is 5.57. The summed E-state index contributed by atoms with van der Waals surface area (Å²) in [7, 11) is 0. The van der Waals surface area contributed by atoms with E-state index in [1.807, 2.05) is 25.1 Å². The Morgan fingerprint density at radius 3 is 2.08 bits per heavy atom. The molecule has 3 nitrogen and oxygen atoms in total. The Morgan fingerprint density at radius 1 is 0.920 bits per heavy atom. The van der Waals surface area contributed by atoms with Crippen molar-refractivity contribution in [3.05, 3.63) is 101 Å². The predicted molar refractivity (Wildman–Crippen MR) is 101 cm³/mol. The van der Waals surface area contributed by atoms with Crippen molar-refractivity contribution in [2.75, 3.05) is 6.54 Å². The normalized spacial score (nSPS) is 10.6. The van der Waals surface area contributed by atoms with Crippen LogP contribution >= 0.6 is 0 Å². The predicted octanol–water partition coefficient (Wildman–Crippen LogP) is 4.34. The van der Waals surface area contributed by atoms with Crippen molar-refractivity contribution in [3.63, 3.8) is 0 Å². The first kappa shape index (κ1) is 16.9. The lowest BCUT2D eigenvalue weighted by molar-refractivity contribution is 0.0951. The van der Waals surface area contributed by atoms with Crippen molar-refractivity contribution >= 4 is 5.91 Å². The van der Waals surface area contributed by atoms with Gasteiger partial charge in [-0.15, -0.1) is 0 Å². The van der Waals surface area contributed by atoms with Crippen LogP contribution in [0, 0.1) is 6.92 Å². The van der Waals surface area contributed by atoms with Crippen LogP contribution in [0.15, 0.2) is 79.0 Å². The Balaban J connectivity index is 1.70. The summed E-state index contributed by atoms with van der Waals surface area (Å²) in [6, 6.07) is 24.5. The molecule has 126 valence electrons. The zero-order valence-electron chi connectivity index (χ0n) is 14.4. The summed E-state index contributed by atoms with van der Waals surface area (Å²) >= 11 is 0. The summed E-state index contributed by atoms with van der Waals surface area (Å²) in [5, 5.41) is 3.03. The highest BCUT2D eigenvalue weighted by atomic mass is 16.1.